The van der Waals surface area contributed by atoms with Gasteiger partial charge in [-0.2, -0.15) is 0 Å². The number of carbonyl (C=O) groups is 2. The lowest BCUT2D eigenvalue weighted by atomic mass is 10.5. The Kier molecular flexibility index (Phi) is 2.52. The average molecular weight is 184 g/mol. The Morgan fingerprint density at radius 2 is 2.31 bits per heavy atom. The molecule has 8 heteroatoms. The van der Waals surface area contributed by atoms with E-state index in [-0.39, 0.29) is 6.54 Å². The monoisotopic (exact) mass is 184 g/mol. The summed E-state index contributed by atoms with van der Waals surface area (Å²) in [4.78, 5) is 21.2. The Labute approximate surface area is 73.1 Å². The molecule has 3 amide bonds. The fourth-order valence-electron chi connectivity index (χ4n) is 0.708. The Balaban J connectivity index is 2.55. The van der Waals surface area contributed by atoms with Crippen LogP contribution >= 0.6 is 0 Å². The van der Waals surface area contributed by atoms with Crippen molar-refractivity contribution < 1.29 is 9.59 Å². The number of nitrogens with one attached hydrogen (secondary N) is 1. The minimum absolute atomic E-state index is 0.123. The second-order valence-corrected chi connectivity index (χ2v) is 2.30. The fraction of sp³-hybridized carbons (Fsp3) is 0.400. The van der Waals surface area contributed by atoms with Crippen molar-refractivity contribution >= 4 is 11.9 Å². The lowest BCUT2D eigenvalue weighted by Gasteiger charge is -2.00. The Hall–Kier alpha value is -1.99. The molecular weight excluding hydrogens is 176 g/mol. The zero-order valence-electron chi connectivity index (χ0n) is 6.89. The maximum atomic E-state index is 10.9. The number of rotatable bonds is 2. The highest BCUT2D eigenvalue weighted by Gasteiger charge is 2.07. The van der Waals surface area contributed by atoms with Gasteiger partial charge in [-0.3, -0.25) is 10.1 Å². The molecule has 0 unspecified atom stereocenters. The molecule has 8 nitrogen and oxygen atoms in total. The highest BCUT2D eigenvalue weighted by atomic mass is 16.2. The van der Waals surface area contributed by atoms with Crippen molar-refractivity contribution in [1.82, 2.24) is 25.5 Å². The van der Waals surface area contributed by atoms with Crippen LogP contribution in [-0.2, 0) is 11.3 Å². The Bertz CT molecular complexity index is 332. The average Bonchev–Trinajstić information content (AvgIpc) is 2.34. The first kappa shape index (κ1) is 9.10. The lowest BCUT2D eigenvalue weighted by Crippen LogP contribution is -2.37. The zero-order chi connectivity index (χ0) is 9.84. The van der Waals surface area contributed by atoms with Crippen LogP contribution in [0, 0.1) is 6.92 Å². The molecule has 0 aromatic carbocycles. The fourth-order valence-corrected chi connectivity index (χ4v) is 0.708. The maximum absolute atomic E-state index is 10.9. The quantitative estimate of drug-likeness (QED) is 0.561. The highest BCUT2D eigenvalue weighted by Crippen LogP contribution is 1.87. The van der Waals surface area contributed by atoms with Crippen LogP contribution in [0.1, 0.15) is 5.82 Å². The van der Waals surface area contributed by atoms with E-state index in [1.54, 1.807) is 6.92 Å². The summed E-state index contributed by atoms with van der Waals surface area (Å²) in [5, 5.41) is 12.3. The van der Waals surface area contributed by atoms with Gasteiger partial charge in [-0.05, 0) is 17.4 Å². The predicted octanol–water partition coefficient (Wildman–Crippen LogP) is -1.82. The number of hydrogen-bond donors (Lipinski definition) is 2. The predicted molar refractivity (Wildman–Crippen MR) is 40.3 cm³/mol. The molecule has 1 aromatic heterocycles. The largest absolute Gasteiger partial charge is 0.351 e. The molecular formula is C5H8N6O2. The minimum Gasteiger partial charge on any atom is -0.351 e. The van der Waals surface area contributed by atoms with E-state index in [4.69, 9.17) is 5.73 Å². The SMILES string of the molecule is Cc1nnnn1CC(=O)NC(N)=O. The van der Waals surface area contributed by atoms with Gasteiger partial charge >= 0.3 is 6.03 Å². The number of primary amides is 1. The molecule has 0 aliphatic carbocycles. The van der Waals surface area contributed by atoms with Crippen LogP contribution in [-0.4, -0.2) is 32.1 Å². The van der Waals surface area contributed by atoms with E-state index < -0.39 is 11.9 Å². The van der Waals surface area contributed by atoms with Crippen molar-refractivity contribution in [1.29, 1.82) is 0 Å². The number of nitrogens with zero attached hydrogens (tertiary/aromatic N) is 4. The molecule has 1 heterocycles. The maximum Gasteiger partial charge on any atom is 0.318 e. The summed E-state index contributed by atoms with van der Waals surface area (Å²) in [5.41, 5.74) is 4.73. The van der Waals surface area contributed by atoms with Gasteiger partial charge in [-0.25, -0.2) is 9.48 Å². The van der Waals surface area contributed by atoms with Crippen molar-refractivity contribution in [3.8, 4) is 0 Å². The van der Waals surface area contributed by atoms with Crippen molar-refractivity contribution in [3.05, 3.63) is 5.82 Å². The van der Waals surface area contributed by atoms with Crippen LogP contribution in [0.4, 0.5) is 4.79 Å². The van der Waals surface area contributed by atoms with Gasteiger partial charge in [0, 0.05) is 0 Å². The number of urea groups is 1. The summed E-state index contributed by atoms with van der Waals surface area (Å²) in [6.45, 7) is 1.51. The van der Waals surface area contributed by atoms with E-state index in [0.717, 1.165) is 0 Å². The van der Waals surface area contributed by atoms with Crippen LogP contribution in [0.3, 0.4) is 0 Å². The summed E-state index contributed by atoms with van der Waals surface area (Å²) in [6.07, 6.45) is 0. The summed E-state index contributed by atoms with van der Waals surface area (Å²) >= 11 is 0. The molecule has 3 N–H and O–H groups in total. The van der Waals surface area contributed by atoms with Gasteiger partial charge in [-0.1, -0.05) is 0 Å². The lowest BCUT2D eigenvalue weighted by molar-refractivity contribution is -0.120. The molecule has 1 aromatic rings. The van der Waals surface area contributed by atoms with Crippen LogP contribution in [0.5, 0.6) is 0 Å². The van der Waals surface area contributed by atoms with Gasteiger partial charge in [0.1, 0.15) is 12.4 Å². The van der Waals surface area contributed by atoms with Crippen LogP contribution in [0.2, 0.25) is 0 Å². The summed E-state index contributed by atoms with van der Waals surface area (Å²) < 4.78 is 1.25. The molecule has 0 atom stereocenters. The first-order chi connectivity index (χ1) is 6.09. The second-order valence-electron chi connectivity index (χ2n) is 2.30. The smallest absolute Gasteiger partial charge is 0.318 e. The Morgan fingerprint density at radius 3 is 2.77 bits per heavy atom. The van der Waals surface area contributed by atoms with Gasteiger partial charge < -0.3 is 5.73 Å². The number of tetrazole rings is 1. The number of amides is 3. The van der Waals surface area contributed by atoms with Gasteiger partial charge in [0.15, 0.2) is 0 Å². The van der Waals surface area contributed by atoms with E-state index in [2.05, 4.69) is 15.5 Å². The Morgan fingerprint density at radius 1 is 1.62 bits per heavy atom. The summed E-state index contributed by atoms with van der Waals surface area (Å²) in [5.74, 6) is -0.0671. The number of aryl methyl sites for hydroxylation is 1. The molecule has 0 bridgehead atoms. The standard InChI is InChI=1S/C5H8N6O2/c1-3-8-9-10-11(3)2-4(12)7-5(6)13/h2H2,1H3,(H3,6,7,12,13). The molecule has 0 spiro atoms. The molecule has 1 rings (SSSR count). The number of aromatic nitrogens is 4. The number of carbonyl (C=O) groups excluding carboxylic acids is 2. The van der Waals surface area contributed by atoms with E-state index in [9.17, 15) is 9.59 Å². The first-order valence-electron chi connectivity index (χ1n) is 3.41. The normalized spacial score (nSPS) is 9.62. The third-order valence-corrected chi connectivity index (χ3v) is 1.27. The number of nitrogens with two attached hydrogens (primary N) is 1. The topological polar surface area (TPSA) is 116 Å². The van der Waals surface area contributed by atoms with Crippen LogP contribution in [0.15, 0.2) is 0 Å². The van der Waals surface area contributed by atoms with Crippen molar-refractivity contribution in [2.24, 2.45) is 5.73 Å². The second kappa shape index (κ2) is 3.61. The van der Waals surface area contributed by atoms with E-state index in [0.29, 0.717) is 5.82 Å². The van der Waals surface area contributed by atoms with Gasteiger partial charge in [-0.15, -0.1) is 5.10 Å². The van der Waals surface area contributed by atoms with Crippen LogP contribution in [0.25, 0.3) is 0 Å². The first-order valence-corrected chi connectivity index (χ1v) is 3.41. The molecule has 0 aliphatic heterocycles. The van der Waals surface area contributed by atoms with E-state index >= 15 is 0 Å². The van der Waals surface area contributed by atoms with Gasteiger partial charge in [0.25, 0.3) is 0 Å². The van der Waals surface area contributed by atoms with Crippen molar-refractivity contribution in [2.45, 2.75) is 13.5 Å². The van der Waals surface area contributed by atoms with E-state index in [1.165, 1.54) is 4.68 Å². The molecule has 0 radical (unpaired) electrons. The van der Waals surface area contributed by atoms with Crippen molar-refractivity contribution in [3.63, 3.8) is 0 Å². The number of hydrogen-bond acceptors (Lipinski definition) is 5. The minimum atomic E-state index is -0.893. The zero-order valence-corrected chi connectivity index (χ0v) is 6.89. The van der Waals surface area contributed by atoms with Crippen LogP contribution < -0.4 is 11.1 Å². The highest BCUT2D eigenvalue weighted by molar-refractivity contribution is 5.93. The van der Waals surface area contributed by atoms with Gasteiger partial charge in [0.05, 0.1) is 0 Å². The molecule has 0 saturated carbocycles. The van der Waals surface area contributed by atoms with E-state index in [1.807, 2.05) is 5.32 Å². The number of imide groups is 1. The molecule has 0 saturated heterocycles. The molecule has 0 fully saturated rings. The third kappa shape index (κ3) is 2.51. The summed E-state index contributed by atoms with van der Waals surface area (Å²) in [6, 6.07) is -0.893. The molecule has 0 aliphatic rings. The third-order valence-electron chi connectivity index (χ3n) is 1.27. The molecule has 70 valence electrons. The summed E-state index contributed by atoms with van der Waals surface area (Å²) in [7, 11) is 0. The molecule has 13 heavy (non-hydrogen) atoms. The van der Waals surface area contributed by atoms with Crippen molar-refractivity contribution in [2.75, 3.05) is 0 Å². The van der Waals surface area contributed by atoms with Gasteiger partial charge in [0.2, 0.25) is 5.91 Å².